The lowest BCUT2D eigenvalue weighted by Crippen LogP contribution is -1.92. The molecule has 0 aliphatic carbocycles. The average Bonchev–Trinajstić information content (AvgIpc) is 2.91. The van der Waals surface area contributed by atoms with E-state index in [2.05, 4.69) is 7.53 Å². The van der Waals surface area contributed by atoms with Gasteiger partial charge in [-0.3, -0.25) is 27.8 Å². The van der Waals surface area contributed by atoms with Crippen LogP contribution in [-0.2, 0) is 0 Å². The molecular formula is C6H2N4O4S4. The van der Waals surface area contributed by atoms with Gasteiger partial charge < -0.3 is 0 Å². The highest BCUT2D eigenvalue weighted by Gasteiger charge is 2.31. The molecule has 3 rings (SSSR count). The van der Waals surface area contributed by atoms with Crippen molar-refractivity contribution in [3.8, 4) is 0 Å². The minimum Gasteiger partial charge on any atom is -0.265 e. The first-order chi connectivity index (χ1) is 8.61. The summed E-state index contributed by atoms with van der Waals surface area (Å²) in [6.07, 6.45) is 0. The van der Waals surface area contributed by atoms with E-state index in [0.29, 0.717) is 18.8 Å². The maximum atomic E-state index is 11.1. The average molecular weight is 322 g/mol. The van der Waals surface area contributed by atoms with Crippen LogP contribution in [0.3, 0.4) is 0 Å². The van der Waals surface area contributed by atoms with Crippen LogP contribution in [0.1, 0.15) is 0 Å². The van der Waals surface area contributed by atoms with Crippen molar-refractivity contribution in [2.45, 2.75) is 0 Å². The van der Waals surface area contributed by atoms with Gasteiger partial charge in [-0.1, -0.05) is 0 Å². The molecule has 8 nitrogen and oxygen atoms in total. The molecule has 0 unspecified atom stereocenters. The summed E-state index contributed by atoms with van der Waals surface area (Å²) in [5, 5.41) is 22.3. The molecule has 0 amide bonds. The predicted octanol–water partition coefficient (Wildman–Crippen LogP) is 3.84. The van der Waals surface area contributed by atoms with Crippen LogP contribution in [0.2, 0.25) is 0 Å². The van der Waals surface area contributed by atoms with Gasteiger partial charge in [0.15, 0.2) is 0 Å². The second-order valence-corrected chi connectivity index (χ2v) is 6.89. The van der Waals surface area contributed by atoms with E-state index in [4.69, 9.17) is 0 Å². The smallest absolute Gasteiger partial charge is 0.265 e. The molecule has 0 bridgehead atoms. The standard InChI is InChI=1S/C6H2N4O4S4/c11-9(12)1-3-5(17-7-15-3)2(10(13)14)6-4(1)16-8-18-6/h7-8H. The first kappa shape index (κ1) is 11.6. The van der Waals surface area contributed by atoms with Crippen molar-refractivity contribution in [1.29, 1.82) is 0 Å². The minimum absolute atomic E-state index is 0.0735. The summed E-state index contributed by atoms with van der Waals surface area (Å²) in [6, 6.07) is 0. The minimum atomic E-state index is -0.498. The van der Waals surface area contributed by atoms with Crippen molar-refractivity contribution >= 4 is 76.3 Å². The number of nitrogens with zero attached hydrogens (tertiary/aromatic N) is 2. The Morgan fingerprint density at radius 1 is 0.722 bits per heavy atom. The predicted molar refractivity (Wildman–Crippen MR) is 72.6 cm³/mol. The lowest BCUT2D eigenvalue weighted by atomic mass is 10.3. The van der Waals surface area contributed by atoms with Crippen molar-refractivity contribution in [2.75, 3.05) is 0 Å². The summed E-state index contributed by atoms with van der Waals surface area (Å²) in [7, 11) is 0. The second-order valence-electron chi connectivity index (χ2n) is 3.10. The molecule has 0 radical (unpaired) electrons. The summed E-state index contributed by atoms with van der Waals surface area (Å²) < 4.78 is 6.78. The highest BCUT2D eigenvalue weighted by atomic mass is 32.2. The van der Waals surface area contributed by atoms with Crippen molar-refractivity contribution in [3.63, 3.8) is 0 Å². The number of aromatic nitrogens is 2. The first-order valence-electron chi connectivity index (χ1n) is 4.31. The highest BCUT2D eigenvalue weighted by molar-refractivity contribution is 7.34. The van der Waals surface area contributed by atoms with Gasteiger partial charge in [-0.25, -0.2) is 0 Å². The van der Waals surface area contributed by atoms with Crippen LogP contribution in [0, 0.1) is 20.2 Å². The lowest BCUT2D eigenvalue weighted by molar-refractivity contribution is -0.383. The molecule has 2 N–H and O–H groups in total. The van der Waals surface area contributed by atoms with Gasteiger partial charge >= 0.3 is 11.4 Å². The molecule has 3 aromatic rings. The van der Waals surface area contributed by atoms with Crippen molar-refractivity contribution < 1.29 is 9.85 Å². The molecule has 2 aromatic heterocycles. The van der Waals surface area contributed by atoms with Crippen LogP contribution < -0.4 is 0 Å². The van der Waals surface area contributed by atoms with Crippen LogP contribution in [-0.4, -0.2) is 17.4 Å². The van der Waals surface area contributed by atoms with Crippen molar-refractivity contribution in [1.82, 2.24) is 7.53 Å². The number of H-pyrrole nitrogens is 2. The molecule has 0 atom stereocenters. The summed E-state index contributed by atoms with van der Waals surface area (Å²) in [5.41, 5.74) is -0.147. The highest BCUT2D eigenvalue weighted by Crippen LogP contribution is 2.47. The summed E-state index contributed by atoms with van der Waals surface area (Å²) in [6.45, 7) is 0. The Labute approximate surface area is 114 Å². The molecule has 94 valence electrons. The Balaban J connectivity index is 2.65. The van der Waals surface area contributed by atoms with E-state index in [1.165, 1.54) is 0 Å². The third kappa shape index (κ3) is 1.46. The van der Waals surface area contributed by atoms with Crippen LogP contribution in [0.25, 0.3) is 18.8 Å². The number of fused-ring (bicyclic) bond motifs is 2. The molecule has 2 heterocycles. The molecule has 0 aliphatic rings. The van der Waals surface area contributed by atoms with Gasteiger partial charge in [0.25, 0.3) is 0 Å². The van der Waals surface area contributed by atoms with Crippen LogP contribution in [0.15, 0.2) is 0 Å². The van der Waals surface area contributed by atoms with Gasteiger partial charge in [0.1, 0.15) is 18.8 Å². The van der Waals surface area contributed by atoms with E-state index >= 15 is 0 Å². The zero-order valence-corrected chi connectivity index (χ0v) is 11.4. The van der Waals surface area contributed by atoms with E-state index in [9.17, 15) is 20.2 Å². The SMILES string of the molecule is O=[N+]([O-])c1c2s[nH]sc2c([N+](=O)[O-])c2s[nH]sc12. The number of hydrogen-bond acceptors (Lipinski definition) is 8. The fourth-order valence-corrected chi connectivity index (χ4v) is 5.70. The zero-order chi connectivity index (χ0) is 12.9. The van der Waals surface area contributed by atoms with Gasteiger partial charge in [0.2, 0.25) is 0 Å². The van der Waals surface area contributed by atoms with Gasteiger partial charge in [-0.2, -0.15) is 0 Å². The number of nitrogens with one attached hydrogen (secondary N) is 2. The third-order valence-corrected chi connectivity index (χ3v) is 6.21. The molecule has 18 heavy (non-hydrogen) atoms. The maximum Gasteiger partial charge on any atom is 0.310 e. The van der Waals surface area contributed by atoms with E-state index < -0.39 is 9.85 Å². The number of non-ortho nitro benzene ring substituents is 2. The number of nitro benzene ring substituents is 2. The number of nitro groups is 2. The monoisotopic (exact) mass is 322 g/mol. The summed E-state index contributed by atoms with van der Waals surface area (Å²) in [4.78, 5) is 21.3. The maximum absolute atomic E-state index is 11.1. The number of aromatic amines is 2. The number of benzene rings is 1. The van der Waals surface area contributed by atoms with Crippen LogP contribution in [0.5, 0.6) is 0 Å². The molecular weight excluding hydrogens is 320 g/mol. The third-order valence-electron chi connectivity index (χ3n) is 2.21. The van der Waals surface area contributed by atoms with E-state index in [-0.39, 0.29) is 11.4 Å². The fraction of sp³-hybridized carbons (Fsp3) is 0. The van der Waals surface area contributed by atoms with Crippen molar-refractivity contribution in [3.05, 3.63) is 20.2 Å². The Hall–Kier alpha value is -1.50. The summed E-state index contributed by atoms with van der Waals surface area (Å²) >= 11 is 4.15. The second kappa shape index (κ2) is 4.01. The van der Waals surface area contributed by atoms with Crippen molar-refractivity contribution in [2.24, 2.45) is 0 Å². The van der Waals surface area contributed by atoms with Gasteiger partial charge in [-0.15, -0.1) is 0 Å². The molecule has 0 saturated heterocycles. The Bertz CT molecular complexity index is 696. The summed E-state index contributed by atoms with van der Waals surface area (Å²) in [5.74, 6) is 0. The fourth-order valence-electron chi connectivity index (χ4n) is 1.56. The number of rotatable bonds is 2. The van der Waals surface area contributed by atoms with E-state index in [0.717, 1.165) is 46.1 Å². The lowest BCUT2D eigenvalue weighted by Gasteiger charge is -1.96. The molecule has 0 saturated carbocycles. The van der Waals surface area contributed by atoms with Crippen LogP contribution >= 0.6 is 46.1 Å². The quantitative estimate of drug-likeness (QED) is 0.550. The molecule has 1 aromatic carbocycles. The molecule has 0 aliphatic heterocycles. The molecule has 0 fully saturated rings. The Morgan fingerprint density at radius 3 is 1.22 bits per heavy atom. The van der Waals surface area contributed by atoms with Gasteiger partial charge in [-0.05, 0) is 46.1 Å². The number of hydrogen-bond donors (Lipinski definition) is 2. The van der Waals surface area contributed by atoms with Gasteiger partial charge in [0, 0.05) is 0 Å². The van der Waals surface area contributed by atoms with E-state index in [1.807, 2.05) is 0 Å². The Morgan fingerprint density at radius 2 is 1.00 bits per heavy atom. The molecule has 12 heteroatoms. The van der Waals surface area contributed by atoms with Gasteiger partial charge in [0.05, 0.1) is 9.85 Å². The normalized spacial score (nSPS) is 11.1. The largest absolute Gasteiger partial charge is 0.310 e. The van der Waals surface area contributed by atoms with Crippen LogP contribution in [0.4, 0.5) is 11.4 Å². The Kier molecular flexibility index (Phi) is 2.58. The molecule has 0 spiro atoms. The topological polar surface area (TPSA) is 118 Å². The zero-order valence-electron chi connectivity index (χ0n) is 8.16. The van der Waals surface area contributed by atoms with E-state index in [1.54, 1.807) is 0 Å². The first-order valence-corrected chi connectivity index (χ1v) is 7.58.